The van der Waals surface area contributed by atoms with Crippen LogP contribution < -0.4 is 38.9 Å². The van der Waals surface area contributed by atoms with Crippen LogP contribution >= 0.6 is 12.6 Å². The van der Waals surface area contributed by atoms with Gasteiger partial charge >= 0.3 is 0 Å². The maximum atomic E-state index is 12.7. The minimum atomic E-state index is -1.000. The monoisotopic (exact) mass is 446 g/mol. The summed E-state index contributed by atoms with van der Waals surface area (Å²) in [5.41, 5.74) is 21.3. The summed E-state index contributed by atoms with van der Waals surface area (Å²) in [5, 5.41) is 7.45. The smallest absolute Gasteiger partial charge is 0.243 e. The van der Waals surface area contributed by atoms with Gasteiger partial charge in [0.05, 0.1) is 12.6 Å². The molecule has 11 N–H and O–H groups in total. The van der Waals surface area contributed by atoms with Gasteiger partial charge in [-0.05, 0) is 25.2 Å². The molecular formula is C17H34N8O4S. The van der Waals surface area contributed by atoms with E-state index in [2.05, 4.69) is 33.6 Å². The largest absolute Gasteiger partial charge is 0.370 e. The van der Waals surface area contributed by atoms with Gasteiger partial charge < -0.3 is 38.9 Å². The molecule has 0 fully saturated rings. The number of hydrogen-bond donors (Lipinski definition) is 8. The van der Waals surface area contributed by atoms with E-state index in [1.54, 1.807) is 0 Å². The van der Waals surface area contributed by atoms with Gasteiger partial charge in [-0.3, -0.25) is 24.2 Å². The van der Waals surface area contributed by atoms with Crippen molar-refractivity contribution in [2.75, 3.05) is 18.8 Å². The van der Waals surface area contributed by atoms with Crippen LogP contribution in [0.4, 0.5) is 0 Å². The minimum absolute atomic E-state index is 0.0109. The van der Waals surface area contributed by atoms with Gasteiger partial charge in [0.1, 0.15) is 12.1 Å². The average molecular weight is 447 g/mol. The van der Waals surface area contributed by atoms with Crippen molar-refractivity contribution < 1.29 is 19.2 Å². The Balaban J connectivity index is 4.92. The van der Waals surface area contributed by atoms with E-state index < -0.39 is 41.8 Å². The van der Waals surface area contributed by atoms with Crippen LogP contribution in [0.3, 0.4) is 0 Å². The lowest BCUT2D eigenvalue weighted by Crippen LogP contribution is -2.57. The number of hydrogen-bond acceptors (Lipinski definition) is 7. The van der Waals surface area contributed by atoms with Crippen LogP contribution in [0.25, 0.3) is 0 Å². The van der Waals surface area contributed by atoms with Gasteiger partial charge in [-0.25, -0.2) is 0 Å². The Morgan fingerprint density at radius 3 is 2.07 bits per heavy atom. The fraction of sp³-hybridized carbons (Fsp3) is 0.706. The number of amides is 4. The van der Waals surface area contributed by atoms with Crippen LogP contribution in [-0.4, -0.2) is 66.6 Å². The van der Waals surface area contributed by atoms with Crippen molar-refractivity contribution >= 4 is 42.2 Å². The molecule has 0 aliphatic heterocycles. The quantitative estimate of drug-likeness (QED) is 0.0594. The summed E-state index contributed by atoms with van der Waals surface area (Å²) in [4.78, 5) is 51.7. The number of nitrogens with zero attached hydrogens (tertiary/aromatic N) is 1. The number of nitrogens with two attached hydrogens (primary N) is 4. The molecule has 0 saturated heterocycles. The van der Waals surface area contributed by atoms with E-state index in [4.69, 9.17) is 22.9 Å². The number of guanidine groups is 1. The highest BCUT2D eigenvalue weighted by atomic mass is 32.1. The summed E-state index contributed by atoms with van der Waals surface area (Å²) in [6.45, 7) is 3.75. The van der Waals surface area contributed by atoms with Gasteiger partial charge in [-0.1, -0.05) is 13.8 Å². The van der Waals surface area contributed by atoms with E-state index in [-0.39, 0.29) is 24.2 Å². The zero-order chi connectivity index (χ0) is 23.3. The molecule has 4 amide bonds. The van der Waals surface area contributed by atoms with E-state index in [0.717, 1.165) is 0 Å². The molecule has 172 valence electrons. The zero-order valence-corrected chi connectivity index (χ0v) is 18.3. The molecule has 0 rings (SSSR count). The molecule has 0 aromatic heterocycles. The standard InChI is InChI=1S/C17H34N8O4S/c1-9(2)6-11(24-14(27)10(18)4-3-5-22-17(20)21)16(29)25-12(8-30)15(28)23-7-13(19)26/h9-12,30H,3-8,18H2,1-2H3,(H2,19,26)(H,23,28)(H,24,27)(H,25,29)(H4,20,21,22)/t10-,11-,12-/m0/s1. The van der Waals surface area contributed by atoms with Gasteiger partial charge in [-0.2, -0.15) is 12.6 Å². The maximum Gasteiger partial charge on any atom is 0.243 e. The molecule has 13 heteroatoms. The summed E-state index contributed by atoms with van der Waals surface area (Å²) < 4.78 is 0. The van der Waals surface area contributed by atoms with E-state index in [1.165, 1.54) is 0 Å². The molecule has 0 aromatic rings. The SMILES string of the molecule is CC(C)C[C@H](NC(=O)[C@@H](N)CCCN=C(N)N)C(=O)N[C@@H](CS)C(=O)NCC(N)=O. The van der Waals surface area contributed by atoms with E-state index >= 15 is 0 Å². The number of primary amides is 1. The van der Waals surface area contributed by atoms with Crippen molar-refractivity contribution in [2.45, 2.75) is 51.2 Å². The third-order valence-electron chi connectivity index (χ3n) is 3.90. The van der Waals surface area contributed by atoms with Crippen molar-refractivity contribution in [2.24, 2.45) is 33.8 Å². The second-order valence-corrected chi connectivity index (χ2v) is 7.54. The number of thiol groups is 1. The Morgan fingerprint density at radius 1 is 0.967 bits per heavy atom. The van der Waals surface area contributed by atoms with Crippen molar-refractivity contribution in [1.82, 2.24) is 16.0 Å². The molecule has 30 heavy (non-hydrogen) atoms. The summed E-state index contributed by atoms with van der Waals surface area (Å²) in [6, 6.07) is -2.74. The topological polar surface area (TPSA) is 221 Å². The van der Waals surface area contributed by atoms with E-state index in [1.807, 2.05) is 13.8 Å². The fourth-order valence-electron chi connectivity index (χ4n) is 2.40. The Bertz CT molecular complexity index is 625. The van der Waals surface area contributed by atoms with Gasteiger partial charge in [0, 0.05) is 12.3 Å². The molecule has 0 aliphatic rings. The first-order valence-corrected chi connectivity index (χ1v) is 10.2. The highest BCUT2D eigenvalue weighted by Gasteiger charge is 2.28. The van der Waals surface area contributed by atoms with Crippen LogP contribution in [0.2, 0.25) is 0 Å². The second kappa shape index (κ2) is 14.4. The second-order valence-electron chi connectivity index (χ2n) is 7.17. The molecule has 0 spiro atoms. The van der Waals surface area contributed by atoms with Crippen molar-refractivity contribution in [1.29, 1.82) is 0 Å². The number of carbonyl (C=O) groups is 4. The van der Waals surface area contributed by atoms with Crippen LogP contribution in [-0.2, 0) is 19.2 Å². The van der Waals surface area contributed by atoms with Crippen molar-refractivity contribution in [3.63, 3.8) is 0 Å². The lowest BCUT2D eigenvalue weighted by Gasteiger charge is -2.24. The van der Waals surface area contributed by atoms with Crippen LogP contribution in [0, 0.1) is 5.92 Å². The first-order valence-electron chi connectivity index (χ1n) is 9.56. The molecule has 0 bridgehead atoms. The Hall–Kier alpha value is -2.54. The number of aliphatic imine (C=N–C) groups is 1. The molecule has 0 radical (unpaired) electrons. The average Bonchev–Trinajstić information content (AvgIpc) is 2.65. The highest BCUT2D eigenvalue weighted by molar-refractivity contribution is 7.80. The van der Waals surface area contributed by atoms with Gasteiger partial charge in [0.2, 0.25) is 23.6 Å². The molecule has 3 atom stereocenters. The summed E-state index contributed by atoms with van der Waals surface area (Å²) in [5.74, 6) is -2.35. The Kier molecular flexibility index (Phi) is 13.2. The molecule has 0 saturated carbocycles. The lowest BCUT2D eigenvalue weighted by atomic mass is 10.0. The molecule has 0 aromatic carbocycles. The predicted molar refractivity (Wildman–Crippen MR) is 117 cm³/mol. The third-order valence-corrected chi connectivity index (χ3v) is 4.26. The Morgan fingerprint density at radius 2 is 1.57 bits per heavy atom. The molecular weight excluding hydrogens is 412 g/mol. The van der Waals surface area contributed by atoms with Gasteiger partial charge in [0.25, 0.3) is 0 Å². The number of nitrogens with one attached hydrogen (secondary N) is 3. The lowest BCUT2D eigenvalue weighted by molar-refractivity contribution is -0.132. The van der Waals surface area contributed by atoms with Crippen molar-refractivity contribution in [3.8, 4) is 0 Å². The normalized spacial score (nSPS) is 13.6. The predicted octanol–water partition coefficient (Wildman–Crippen LogP) is -3.09. The molecule has 0 unspecified atom stereocenters. The highest BCUT2D eigenvalue weighted by Crippen LogP contribution is 2.07. The molecule has 0 heterocycles. The summed E-state index contributed by atoms with van der Waals surface area (Å²) in [6.07, 6.45) is 1.16. The van der Waals surface area contributed by atoms with E-state index in [0.29, 0.717) is 25.8 Å². The van der Waals surface area contributed by atoms with Gasteiger partial charge in [0.15, 0.2) is 5.96 Å². The first kappa shape index (κ1) is 27.5. The maximum absolute atomic E-state index is 12.7. The molecule has 0 aliphatic carbocycles. The number of rotatable bonds is 14. The first-order chi connectivity index (χ1) is 14.0. The minimum Gasteiger partial charge on any atom is -0.370 e. The molecule has 12 nitrogen and oxygen atoms in total. The fourth-order valence-corrected chi connectivity index (χ4v) is 2.65. The number of carbonyl (C=O) groups excluding carboxylic acids is 4. The van der Waals surface area contributed by atoms with Gasteiger partial charge in [-0.15, -0.1) is 0 Å². The van der Waals surface area contributed by atoms with Crippen LogP contribution in [0.15, 0.2) is 4.99 Å². The summed E-state index contributed by atoms with van der Waals surface area (Å²) >= 11 is 4.05. The zero-order valence-electron chi connectivity index (χ0n) is 17.4. The summed E-state index contributed by atoms with van der Waals surface area (Å²) in [7, 11) is 0. The van der Waals surface area contributed by atoms with Crippen LogP contribution in [0.5, 0.6) is 0 Å². The third kappa shape index (κ3) is 12.1. The Labute approximate surface area is 181 Å². The van der Waals surface area contributed by atoms with Crippen molar-refractivity contribution in [3.05, 3.63) is 0 Å². The van der Waals surface area contributed by atoms with E-state index in [9.17, 15) is 19.2 Å². The van der Waals surface area contributed by atoms with Crippen LogP contribution in [0.1, 0.15) is 33.1 Å².